The van der Waals surface area contributed by atoms with Gasteiger partial charge in [0.05, 0.1) is 14.2 Å². The number of methoxy groups -OCH3 is 2. The van der Waals surface area contributed by atoms with E-state index in [9.17, 15) is 10.2 Å². The van der Waals surface area contributed by atoms with Crippen LogP contribution in [0.3, 0.4) is 0 Å². The minimum Gasteiger partial charge on any atom is -0.504 e. The molecule has 4 heteroatoms. The zero-order valence-corrected chi connectivity index (χ0v) is 37.6. The van der Waals surface area contributed by atoms with Crippen LogP contribution in [0.25, 0.3) is 0 Å². The Morgan fingerprint density at radius 2 is 0.623 bits per heavy atom. The number of hydrogen-bond acceptors (Lipinski definition) is 4. The highest BCUT2D eigenvalue weighted by atomic mass is 16.5. The van der Waals surface area contributed by atoms with Crippen LogP contribution in [0.1, 0.15) is 215 Å². The molecule has 4 nitrogen and oxygen atoms in total. The zero-order chi connectivity index (χ0) is 39.8. The van der Waals surface area contributed by atoms with Crippen LogP contribution in [0.4, 0.5) is 0 Å². The Kier molecular flexibility index (Phi) is 26.8. The minimum atomic E-state index is 0.0576. The van der Waals surface area contributed by atoms with Crippen molar-refractivity contribution >= 4 is 0 Å². The molecule has 0 heterocycles. The first-order valence-corrected chi connectivity index (χ1v) is 22.8. The van der Waals surface area contributed by atoms with Crippen molar-refractivity contribution in [3.8, 4) is 23.0 Å². The highest BCUT2D eigenvalue weighted by Crippen LogP contribution is 2.48. The van der Waals surface area contributed by atoms with Crippen molar-refractivity contribution in [1.82, 2.24) is 0 Å². The molecule has 1 aromatic carbocycles. The van der Waals surface area contributed by atoms with E-state index in [2.05, 4.69) is 62.3 Å². The summed E-state index contributed by atoms with van der Waals surface area (Å²) in [5, 5.41) is 21.3. The Hall–Kier alpha value is -1.58. The highest BCUT2D eigenvalue weighted by Gasteiger charge is 2.23. The summed E-state index contributed by atoms with van der Waals surface area (Å²) in [5.74, 6) is 7.24. The normalized spacial score (nSPS) is 15.9. The number of ether oxygens (including phenoxy) is 2. The van der Waals surface area contributed by atoms with Crippen molar-refractivity contribution in [3.63, 3.8) is 0 Å². The molecule has 0 spiro atoms. The van der Waals surface area contributed by atoms with Gasteiger partial charge in [-0.2, -0.15) is 0 Å². The van der Waals surface area contributed by atoms with E-state index in [1.807, 2.05) is 6.92 Å². The summed E-state index contributed by atoms with van der Waals surface area (Å²) in [6.45, 7) is 23.7. The van der Waals surface area contributed by atoms with E-state index in [1.54, 1.807) is 0 Å². The monoisotopic (exact) mass is 745 g/mol. The van der Waals surface area contributed by atoms with Crippen LogP contribution in [0, 0.1) is 54.3 Å². The van der Waals surface area contributed by atoms with Gasteiger partial charge in [0.1, 0.15) is 0 Å². The van der Waals surface area contributed by atoms with Crippen LogP contribution in [0.15, 0.2) is 0 Å². The van der Waals surface area contributed by atoms with Gasteiger partial charge in [-0.05, 0) is 67.1 Å². The first kappa shape index (κ1) is 49.4. The van der Waals surface area contributed by atoms with E-state index in [-0.39, 0.29) is 23.0 Å². The average molecular weight is 745 g/mol. The van der Waals surface area contributed by atoms with Gasteiger partial charge in [-0.25, -0.2) is 0 Å². The second-order valence-electron chi connectivity index (χ2n) is 19.1. The fraction of sp³-hybridized carbons (Fsp3) is 0.878. The lowest BCUT2D eigenvalue weighted by Crippen LogP contribution is -2.04. The molecule has 7 atom stereocenters. The summed E-state index contributed by atoms with van der Waals surface area (Å²) in [7, 11) is 2.97. The van der Waals surface area contributed by atoms with Crippen LogP contribution in [-0.4, -0.2) is 24.4 Å². The van der Waals surface area contributed by atoms with Crippen molar-refractivity contribution in [2.75, 3.05) is 14.2 Å². The molecule has 2 N–H and O–H groups in total. The van der Waals surface area contributed by atoms with Crippen LogP contribution in [0.2, 0.25) is 0 Å². The van der Waals surface area contributed by atoms with Crippen molar-refractivity contribution in [3.05, 3.63) is 11.1 Å². The molecule has 0 radical (unpaired) electrons. The number of hydrogen-bond donors (Lipinski definition) is 2. The fourth-order valence-electron chi connectivity index (χ4n) is 8.69. The van der Waals surface area contributed by atoms with E-state index >= 15 is 0 Å². The SMILES string of the molecule is COc1c(O)c(C)c(CC[C@@H](C)CCC[C@H](C)CCC[C@@H](C)CCC[C@@H](C)CCC[C@H](C)CCC[C@@H](C)CCC[C@@H](C)CCCC(C)C)c(O)c1OC. The van der Waals surface area contributed by atoms with E-state index in [4.69, 9.17) is 9.47 Å². The molecular weight excluding hydrogens is 653 g/mol. The Bertz CT molecular complexity index is 1050. The Labute approximate surface area is 331 Å². The molecule has 0 fully saturated rings. The van der Waals surface area contributed by atoms with Crippen molar-refractivity contribution in [2.24, 2.45) is 47.3 Å². The molecule has 0 aliphatic rings. The van der Waals surface area contributed by atoms with Gasteiger partial charge in [-0.1, -0.05) is 197 Å². The Morgan fingerprint density at radius 3 is 0.887 bits per heavy atom. The van der Waals surface area contributed by atoms with Crippen molar-refractivity contribution < 1.29 is 19.7 Å². The summed E-state index contributed by atoms with van der Waals surface area (Å²) >= 11 is 0. The lowest BCUT2D eigenvalue weighted by molar-refractivity contribution is 0.313. The van der Waals surface area contributed by atoms with E-state index in [1.165, 1.54) is 149 Å². The molecule has 0 aliphatic carbocycles. The van der Waals surface area contributed by atoms with E-state index in [0.29, 0.717) is 11.5 Å². The maximum absolute atomic E-state index is 10.8. The van der Waals surface area contributed by atoms with E-state index in [0.717, 1.165) is 59.8 Å². The molecule has 0 amide bonds. The predicted molar refractivity (Wildman–Crippen MR) is 232 cm³/mol. The molecular formula is C49H92O4. The van der Waals surface area contributed by atoms with Gasteiger partial charge in [0.2, 0.25) is 11.5 Å². The summed E-state index contributed by atoms with van der Waals surface area (Å²) in [5.41, 5.74) is 1.44. The van der Waals surface area contributed by atoms with Crippen LogP contribution in [0.5, 0.6) is 23.0 Å². The number of phenolic OH excluding ortho intramolecular Hbond substituents is 2. The molecule has 0 saturated heterocycles. The van der Waals surface area contributed by atoms with Crippen LogP contribution < -0.4 is 9.47 Å². The Balaban J connectivity index is 2.09. The second kappa shape index (κ2) is 28.8. The molecule has 0 aromatic heterocycles. The molecule has 0 unspecified atom stereocenters. The van der Waals surface area contributed by atoms with Crippen molar-refractivity contribution in [1.29, 1.82) is 0 Å². The van der Waals surface area contributed by atoms with Gasteiger partial charge >= 0.3 is 0 Å². The quantitative estimate of drug-likeness (QED) is 0.0704. The van der Waals surface area contributed by atoms with Gasteiger partial charge in [0, 0.05) is 11.1 Å². The lowest BCUT2D eigenvalue weighted by Gasteiger charge is -2.19. The maximum Gasteiger partial charge on any atom is 0.207 e. The fourth-order valence-corrected chi connectivity index (χ4v) is 8.69. The van der Waals surface area contributed by atoms with E-state index < -0.39 is 0 Å². The number of rotatable bonds is 33. The first-order chi connectivity index (χ1) is 25.2. The molecule has 0 saturated carbocycles. The third-order valence-corrected chi connectivity index (χ3v) is 12.9. The second-order valence-corrected chi connectivity index (χ2v) is 19.1. The predicted octanol–water partition coefficient (Wildman–Crippen LogP) is 15.7. The zero-order valence-electron chi connectivity index (χ0n) is 37.6. The molecule has 53 heavy (non-hydrogen) atoms. The topological polar surface area (TPSA) is 58.9 Å². The van der Waals surface area contributed by atoms with Gasteiger partial charge in [0.15, 0.2) is 11.5 Å². The third-order valence-electron chi connectivity index (χ3n) is 12.9. The molecule has 1 rings (SSSR count). The standard InChI is InChI=1S/C49H92O4/c1-36(2)20-13-21-37(3)22-14-23-38(4)24-15-25-39(5)26-16-27-40(6)28-17-29-41(7)30-18-31-42(8)32-19-33-43(9)34-35-45-44(10)46(50)48(52-11)49(53-12)47(45)51/h36-43,50-51H,13-35H2,1-12H3/t37-,38-,39+,40-,41-,42+,43-/m0/s1. The smallest absolute Gasteiger partial charge is 0.207 e. The third kappa shape index (κ3) is 21.9. The first-order valence-electron chi connectivity index (χ1n) is 22.8. The van der Waals surface area contributed by atoms with Crippen molar-refractivity contribution in [2.45, 2.75) is 217 Å². The summed E-state index contributed by atoms with van der Waals surface area (Å²) in [6.07, 6.45) is 30.9. The van der Waals surface area contributed by atoms with Gasteiger partial charge in [-0.3, -0.25) is 0 Å². The number of phenols is 2. The summed E-state index contributed by atoms with van der Waals surface area (Å²) in [4.78, 5) is 0. The highest BCUT2D eigenvalue weighted by molar-refractivity contribution is 5.65. The van der Waals surface area contributed by atoms with Gasteiger partial charge in [-0.15, -0.1) is 0 Å². The number of benzene rings is 1. The van der Waals surface area contributed by atoms with Crippen LogP contribution in [-0.2, 0) is 6.42 Å². The molecule has 0 aliphatic heterocycles. The van der Waals surface area contributed by atoms with Gasteiger partial charge < -0.3 is 19.7 Å². The van der Waals surface area contributed by atoms with Gasteiger partial charge in [0.25, 0.3) is 0 Å². The lowest BCUT2D eigenvalue weighted by atomic mass is 9.88. The summed E-state index contributed by atoms with van der Waals surface area (Å²) < 4.78 is 10.6. The number of aromatic hydroxyl groups is 2. The largest absolute Gasteiger partial charge is 0.504 e. The average Bonchev–Trinajstić information content (AvgIpc) is 3.09. The van der Waals surface area contributed by atoms with Crippen LogP contribution >= 0.6 is 0 Å². The summed E-state index contributed by atoms with van der Waals surface area (Å²) in [6, 6.07) is 0. The minimum absolute atomic E-state index is 0.0576. The molecule has 312 valence electrons. The molecule has 1 aromatic rings. The molecule has 0 bridgehead atoms. The Morgan fingerprint density at radius 1 is 0.377 bits per heavy atom. The maximum atomic E-state index is 10.8.